The van der Waals surface area contributed by atoms with E-state index in [2.05, 4.69) is 27.3 Å². The zero-order chi connectivity index (χ0) is 20.4. The number of hydrogen-bond donors (Lipinski definition) is 1. The van der Waals surface area contributed by atoms with Gasteiger partial charge in [0.1, 0.15) is 5.82 Å². The molecule has 148 valence electrons. The van der Waals surface area contributed by atoms with Gasteiger partial charge in [-0.25, -0.2) is 4.39 Å². The van der Waals surface area contributed by atoms with Gasteiger partial charge in [0, 0.05) is 17.8 Å². The first kappa shape index (κ1) is 19.3. The molecule has 7 heteroatoms. The molecule has 0 radical (unpaired) electrons. The predicted octanol–water partition coefficient (Wildman–Crippen LogP) is 4.95. The SMILES string of the molecule is CCCN1C(=S)NC(c2ccccc2)C(c2nc(-c3cccc(F)c3)no2)=C1C. The van der Waals surface area contributed by atoms with Crippen molar-refractivity contribution in [2.75, 3.05) is 6.54 Å². The molecule has 0 saturated carbocycles. The highest BCUT2D eigenvalue weighted by molar-refractivity contribution is 7.80. The minimum atomic E-state index is -0.342. The van der Waals surface area contributed by atoms with Gasteiger partial charge in [0.05, 0.1) is 11.6 Å². The first-order valence-electron chi connectivity index (χ1n) is 9.52. The third-order valence-electron chi connectivity index (χ3n) is 4.92. The summed E-state index contributed by atoms with van der Waals surface area (Å²) in [5, 5.41) is 8.18. The second-order valence-electron chi connectivity index (χ2n) is 6.88. The average Bonchev–Trinajstić information content (AvgIpc) is 3.21. The number of hydrogen-bond acceptors (Lipinski definition) is 4. The third kappa shape index (κ3) is 3.78. The van der Waals surface area contributed by atoms with Crippen LogP contribution in [-0.2, 0) is 0 Å². The minimum Gasteiger partial charge on any atom is -0.351 e. The molecule has 3 aromatic rings. The molecule has 5 nitrogen and oxygen atoms in total. The van der Waals surface area contributed by atoms with Crippen LogP contribution in [0.1, 0.15) is 37.8 Å². The summed E-state index contributed by atoms with van der Waals surface area (Å²) in [7, 11) is 0. The molecule has 1 aliphatic heterocycles. The first-order valence-corrected chi connectivity index (χ1v) is 9.93. The number of allylic oxidation sites excluding steroid dienone is 1. The Kier molecular flexibility index (Phi) is 5.40. The highest BCUT2D eigenvalue weighted by Gasteiger charge is 2.33. The summed E-state index contributed by atoms with van der Waals surface area (Å²) in [6, 6.07) is 16.0. The molecule has 0 spiro atoms. The standard InChI is InChI=1S/C22H21FN4OS/c1-3-12-27-14(2)18(19(24-22(27)29)15-8-5-4-6-9-15)21-25-20(26-28-21)16-10-7-11-17(23)13-16/h4-11,13,19H,3,12H2,1-2H3,(H,24,29). The molecule has 1 aromatic heterocycles. The van der Waals surface area contributed by atoms with Crippen molar-refractivity contribution in [2.45, 2.75) is 26.3 Å². The number of nitrogens with one attached hydrogen (secondary N) is 1. The average molecular weight is 409 g/mol. The number of aromatic nitrogens is 2. The van der Waals surface area contributed by atoms with Gasteiger partial charge in [-0.15, -0.1) is 0 Å². The summed E-state index contributed by atoms with van der Waals surface area (Å²) in [6.07, 6.45) is 0.945. The molecule has 2 heterocycles. The van der Waals surface area contributed by atoms with Crippen LogP contribution in [0, 0.1) is 5.82 Å². The molecule has 0 amide bonds. The molecule has 0 bridgehead atoms. The Balaban J connectivity index is 1.81. The van der Waals surface area contributed by atoms with Crippen molar-refractivity contribution in [3.63, 3.8) is 0 Å². The van der Waals surface area contributed by atoms with Crippen LogP contribution in [-0.4, -0.2) is 26.7 Å². The Morgan fingerprint density at radius 2 is 1.97 bits per heavy atom. The summed E-state index contributed by atoms with van der Waals surface area (Å²) in [4.78, 5) is 6.63. The van der Waals surface area contributed by atoms with Crippen molar-refractivity contribution < 1.29 is 8.91 Å². The lowest BCUT2D eigenvalue weighted by Crippen LogP contribution is -2.46. The van der Waals surface area contributed by atoms with Crippen LogP contribution < -0.4 is 5.32 Å². The number of thiocarbonyl (C=S) groups is 1. The maximum atomic E-state index is 13.6. The maximum absolute atomic E-state index is 13.6. The summed E-state index contributed by atoms with van der Waals surface area (Å²) < 4.78 is 19.2. The molecule has 0 saturated heterocycles. The van der Waals surface area contributed by atoms with Crippen molar-refractivity contribution in [3.8, 4) is 11.4 Å². The molecule has 1 unspecified atom stereocenters. The van der Waals surface area contributed by atoms with Gasteiger partial charge in [0.25, 0.3) is 5.89 Å². The number of benzene rings is 2. The molecule has 0 aliphatic carbocycles. The van der Waals surface area contributed by atoms with E-state index in [1.165, 1.54) is 12.1 Å². The van der Waals surface area contributed by atoms with Gasteiger partial charge in [-0.05, 0) is 43.3 Å². The van der Waals surface area contributed by atoms with E-state index in [0.29, 0.717) is 22.4 Å². The Bertz CT molecular complexity index is 1060. The molecular formula is C22H21FN4OS. The third-order valence-corrected chi connectivity index (χ3v) is 5.25. The van der Waals surface area contributed by atoms with E-state index in [-0.39, 0.29) is 11.9 Å². The Morgan fingerprint density at radius 3 is 2.69 bits per heavy atom. The van der Waals surface area contributed by atoms with Gasteiger partial charge in [-0.2, -0.15) is 4.98 Å². The first-order chi connectivity index (χ1) is 14.1. The van der Waals surface area contributed by atoms with Crippen LogP contribution in [0.3, 0.4) is 0 Å². The van der Waals surface area contributed by atoms with E-state index >= 15 is 0 Å². The molecular weight excluding hydrogens is 387 g/mol. The lowest BCUT2D eigenvalue weighted by molar-refractivity contribution is 0.396. The monoisotopic (exact) mass is 408 g/mol. The summed E-state index contributed by atoms with van der Waals surface area (Å²) in [6.45, 7) is 4.90. The van der Waals surface area contributed by atoms with E-state index < -0.39 is 0 Å². The van der Waals surface area contributed by atoms with Crippen LogP contribution in [0.4, 0.5) is 4.39 Å². The van der Waals surface area contributed by atoms with Gasteiger partial charge in [-0.3, -0.25) is 0 Å². The highest BCUT2D eigenvalue weighted by Crippen LogP contribution is 2.37. The largest absolute Gasteiger partial charge is 0.351 e. The van der Waals surface area contributed by atoms with Gasteiger partial charge < -0.3 is 14.7 Å². The molecule has 4 rings (SSSR count). The second-order valence-corrected chi connectivity index (χ2v) is 7.26. The van der Waals surface area contributed by atoms with Crippen molar-refractivity contribution in [3.05, 3.63) is 77.6 Å². The van der Waals surface area contributed by atoms with Crippen molar-refractivity contribution in [2.24, 2.45) is 0 Å². The van der Waals surface area contributed by atoms with E-state index in [1.54, 1.807) is 12.1 Å². The van der Waals surface area contributed by atoms with Gasteiger partial charge >= 0.3 is 0 Å². The Labute approximate surface area is 174 Å². The second kappa shape index (κ2) is 8.13. The van der Waals surface area contributed by atoms with Crippen LogP contribution in [0.25, 0.3) is 17.0 Å². The van der Waals surface area contributed by atoms with Gasteiger partial charge in [-0.1, -0.05) is 54.5 Å². The van der Waals surface area contributed by atoms with E-state index in [9.17, 15) is 4.39 Å². The number of halogens is 1. The van der Waals surface area contributed by atoms with E-state index in [0.717, 1.165) is 29.8 Å². The van der Waals surface area contributed by atoms with Crippen molar-refractivity contribution >= 4 is 22.9 Å². The fourth-order valence-corrected chi connectivity index (χ4v) is 3.87. The summed E-state index contributed by atoms with van der Waals surface area (Å²) in [5.41, 5.74) is 3.46. The topological polar surface area (TPSA) is 54.2 Å². The van der Waals surface area contributed by atoms with Crippen LogP contribution in [0.5, 0.6) is 0 Å². The predicted molar refractivity (Wildman–Crippen MR) is 114 cm³/mol. The number of nitrogens with zero attached hydrogens (tertiary/aromatic N) is 3. The molecule has 1 aliphatic rings. The number of rotatable bonds is 5. The minimum absolute atomic E-state index is 0.211. The molecule has 2 aromatic carbocycles. The van der Waals surface area contributed by atoms with E-state index in [4.69, 9.17) is 16.7 Å². The molecule has 1 N–H and O–H groups in total. The van der Waals surface area contributed by atoms with Crippen LogP contribution in [0.2, 0.25) is 0 Å². The molecule has 1 atom stereocenters. The fourth-order valence-electron chi connectivity index (χ4n) is 3.52. The smallest absolute Gasteiger partial charge is 0.258 e. The van der Waals surface area contributed by atoms with E-state index in [1.807, 2.05) is 37.3 Å². The van der Waals surface area contributed by atoms with Crippen molar-refractivity contribution in [1.82, 2.24) is 20.4 Å². The maximum Gasteiger partial charge on any atom is 0.258 e. The Morgan fingerprint density at radius 1 is 1.17 bits per heavy atom. The van der Waals surface area contributed by atoms with Crippen LogP contribution >= 0.6 is 12.2 Å². The van der Waals surface area contributed by atoms with Gasteiger partial charge in [0.15, 0.2) is 5.11 Å². The Hall–Kier alpha value is -3.06. The fraction of sp³-hybridized carbons (Fsp3) is 0.227. The highest BCUT2D eigenvalue weighted by atomic mass is 32.1. The summed E-state index contributed by atoms with van der Waals surface area (Å²) >= 11 is 5.62. The molecule has 0 fully saturated rings. The van der Waals surface area contributed by atoms with Crippen molar-refractivity contribution in [1.29, 1.82) is 0 Å². The van der Waals surface area contributed by atoms with Crippen LogP contribution in [0.15, 0.2) is 64.8 Å². The zero-order valence-corrected chi connectivity index (χ0v) is 17.0. The normalized spacial score (nSPS) is 16.9. The zero-order valence-electron chi connectivity index (χ0n) is 16.2. The lowest BCUT2D eigenvalue weighted by Gasteiger charge is -2.37. The molecule has 29 heavy (non-hydrogen) atoms. The van der Waals surface area contributed by atoms with Gasteiger partial charge in [0.2, 0.25) is 5.82 Å². The lowest BCUT2D eigenvalue weighted by atomic mass is 9.95. The quantitative estimate of drug-likeness (QED) is 0.603. The summed E-state index contributed by atoms with van der Waals surface area (Å²) in [5.74, 6) is 0.402.